The second-order valence-electron chi connectivity index (χ2n) is 3.18. The van der Waals surface area contributed by atoms with Crippen LogP contribution in [0.1, 0.15) is 12.6 Å². The Morgan fingerprint density at radius 2 is 2.06 bits per heavy atom. The highest BCUT2D eigenvalue weighted by molar-refractivity contribution is 5.23. The lowest BCUT2D eigenvalue weighted by Crippen LogP contribution is -2.04. The number of aromatic nitrogens is 5. The Bertz CT molecular complexity index is 512. The number of nitrogens with two attached hydrogens (primary N) is 1. The van der Waals surface area contributed by atoms with Crippen LogP contribution in [0.3, 0.4) is 0 Å². The van der Waals surface area contributed by atoms with E-state index in [2.05, 4.69) is 25.1 Å². The second-order valence-corrected chi connectivity index (χ2v) is 3.18. The van der Waals surface area contributed by atoms with Gasteiger partial charge in [0.25, 0.3) is 0 Å². The average molecular weight is 236 g/mol. The third-order valence-corrected chi connectivity index (χ3v) is 1.76. The summed E-state index contributed by atoms with van der Waals surface area (Å²) in [7, 11) is 0. The van der Waals surface area contributed by atoms with Crippen LogP contribution in [-0.2, 0) is 0 Å². The molecule has 2 heterocycles. The molecular weight excluding hydrogens is 224 g/mol. The lowest BCUT2D eigenvalue weighted by molar-refractivity contribution is 0.303. The van der Waals surface area contributed by atoms with Gasteiger partial charge in [-0.3, -0.25) is 5.10 Å². The van der Waals surface area contributed by atoms with E-state index in [9.17, 15) is 0 Å². The molecule has 2 aromatic rings. The number of hydrogen-bond donors (Lipinski definition) is 2. The number of nitrogens with zero attached hydrogens (tertiary/aromatic N) is 4. The van der Waals surface area contributed by atoms with E-state index in [-0.39, 0.29) is 18.0 Å². The molecule has 0 unspecified atom stereocenters. The molecule has 17 heavy (non-hydrogen) atoms. The molecule has 2 aromatic heterocycles. The summed E-state index contributed by atoms with van der Waals surface area (Å²) in [6, 6.07) is 1.88. The van der Waals surface area contributed by atoms with Gasteiger partial charge in [0.1, 0.15) is 0 Å². The first-order valence-corrected chi connectivity index (χ1v) is 5.01. The Kier molecular flexibility index (Phi) is 3.03. The van der Waals surface area contributed by atoms with E-state index < -0.39 is 0 Å². The van der Waals surface area contributed by atoms with Crippen molar-refractivity contribution in [3.05, 3.63) is 11.8 Å². The van der Waals surface area contributed by atoms with Crippen LogP contribution in [0.15, 0.2) is 6.07 Å². The lowest BCUT2D eigenvalue weighted by atomic mass is 10.5. The van der Waals surface area contributed by atoms with Crippen LogP contribution in [0.5, 0.6) is 17.9 Å². The van der Waals surface area contributed by atoms with Gasteiger partial charge in [0.15, 0.2) is 0 Å². The standard InChI is InChI=1S/C9H12N6O2/c1-3-16-8-11-7(10)12-9(13-8)17-6-4-5(2)14-15-6/h4H,3H2,1-2H3,(H,14,15)(H2,10,11,12,13). The van der Waals surface area contributed by atoms with Crippen LogP contribution < -0.4 is 15.2 Å². The highest BCUT2D eigenvalue weighted by Crippen LogP contribution is 2.18. The maximum atomic E-state index is 5.50. The van der Waals surface area contributed by atoms with Gasteiger partial charge in [-0.15, -0.1) is 10.1 Å². The minimum absolute atomic E-state index is 0.0331. The molecule has 0 bridgehead atoms. The highest BCUT2D eigenvalue weighted by atomic mass is 16.5. The van der Waals surface area contributed by atoms with E-state index in [0.29, 0.717) is 12.5 Å². The van der Waals surface area contributed by atoms with Gasteiger partial charge >= 0.3 is 12.0 Å². The van der Waals surface area contributed by atoms with Crippen molar-refractivity contribution >= 4 is 5.95 Å². The minimum atomic E-state index is 0.0331. The van der Waals surface area contributed by atoms with Gasteiger partial charge in [-0.1, -0.05) is 0 Å². The van der Waals surface area contributed by atoms with E-state index in [4.69, 9.17) is 15.2 Å². The van der Waals surface area contributed by atoms with Crippen molar-refractivity contribution in [2.24, 2.45) is 0 Å². The van der Waals surface area contributed by atoms with Crippen LogP contribution in [0.4, 0.5) is 5.95 Å². The fraction of sp³-hybridized carbons (Fsp3) is 0.333. The number of aryl methyl sites for hydroxylation is 1. The Balaban J connectivity index is 2.20. The molecule has 90 valence electrons. The normalized spacial score (nSPS) is 10.2. The molecule has 0 fully saturated rings. The SMILES string of the molecule is CCOc1nc(N)nc(Oc2cc(C)[nH]n2)n1. The monoisotopic (exact) mass is 236 g/mol. The van der Waals surface area contributed by atoms with E-state index in [1.807, 2.05) is 13.8 Å². The molecule has 8 heteroatoms. The average Bonchev–Trinajstić information content (AvgIpc) is 2.63. The van der Waals surface area contributed by atoms with Gasteiger partial charge in [-0.2, -0.15) is 9.97 Å². The van der Waals surface area contributed by atoms with Crippen LogP contribution in [0, 0.1) is 6.92 Å². The zero-order chi connectivity index (χ0) is 12.3. The lowest BCUT2D eigenvalue weighted by Gasteiger charge is -2.03. The second kappa shape index (κ2) is 4.64. The number of rotatable bonds is 4. The van der Waals surface area contributed by atoms with Gasteiger partial charge in [0.2, 0.25) is 11.8 Å². The van der Waals surface area contributed by atoms with Crippen LogP contribution in [0.2, 0.25) is 0 Å². The number of ether oxygens (including phenoxy) is 2. The quantitative estimate of drug-likeness (QED) is 0.802. The van der Waals surface area contributed by atoms with Gasteiger partial charge in [0, 0.05) is 11.8 Å². The van der Waals surface area contributed by atoms with Crippen molar-refractivity contribution in [1.82, 2.24) is 25.1 Å². The van der Waals surface area contributed by atoms with Crippen LogP contribution >= 0.6 is 0 Å². The third kappa shape index (κ3) is 2.80. The van der Waals surface area contributed by atoms with Gasteiger partial charge in [-0.25, -0.2) is 0 Å². The van der Waals surface area contributed by atoms with Crippen molar-refractivity contribution < 1.29 is 9.47 Å². The van der Waals surface area contributed by atoms with Crippen LogP contribution in [0.25, 0.3) is 0 Å². The fourth-order valence-corrected chi connectivity index (χ4v) is 1.13. The number of hydrogen-bond acceptors (Lipinski definition) is 7. The third-order valence-electron chi connectivity index (χ3n) is 1.76. The summed E-state index contributed by atoms with van der Waals surface area (Å²) in [6.45, 7) is 4.11. The maximum Gasteiger partial charge on any atom is 0.331 e. The topological polar surface area (TPSA) is 112 Å². The molecule has 0 radical (unpaired) electrons. The number of nitrogens with one attached hydrogen (secondary N) is 1. The van der Waals surface area contributed by atoms with Crippen molar-refractivity contribution in [2.45, 2.75) is 13.8 Å². The molecule has 0 aromatic carbocycles. The molecule has 0 amide bonds. The Morgan fingerprint density at radius 3 is 2.71 bits per heavy atom. The largest absolute Gasteiger partial charge is 0.464 e. The van der Waals surface area contributed by atoms with Crippen molar-refractivity contribution in [3.63, 3.8) is 0 Å². The molecule has 0 aliphatic heterocycles. The van der Waals surface area contributed by atoms with Gasteiger partial charge in [0.05, 0.1) is 6.61 Å². The molecule has 0 saturated heterocycles. The Hall–Kier alpha value is -2.38. The predicted molar refractivity (Wildman–Crippen MR) is 58.8 cm³/mol. The smallest absolute Gasteiger partial charge is 0.331 e. The van der Waals surface area contributed by atoms with Crippen LogP contribution in [-0.4, -0.2) is 31.8 Å². The van der Waals surface area contributed by atoms with Gasteiger partial charge in [-0.05, 0) is 13.8 Å². The summed E-state index contributed by atoms with van der Waals surface area (Å²) in [5, 5.41) is 6.62. The van der Waals surface area contributed by atoms with E-state index >= 15 is 0 Å². The number of H-pyrrole nitrogens is 1. The summed E-state index contributed by atoms with van der Waals surface area (Å²) in [5.41, 5.74) is 6.37. The van der Waals surface area contributed by atoms with Crippen molar-refractivity contribution in [2.75, 3.05) is 12.3 Å². The first kappa shape index (κ1) is 11.1. The maximum absolute atomic E-state index is 5.50. The van der Waals surface area contributed by atoms with Gasteiger partial charge < -0.3 is 15.2 Å². The number of aromatic amines is 1. The van der Waals surface area contributed by atoms with E-state index in [0.717, 1.165) is 5.69 Å². The fourth-order valence-electron chi connectivity index (χ4n) is 1.13. The number of nitrogen functional groups attached to an aromatic ring is 1. The molecule has 0 atom stereocenters. The first-order chi connectivity index (χ1) is 8.17. The minimum Gasteiger partial charge on any atom is -0.464 e. The Labute approximate surface area is 97.2 Å². The van der Waals surface area contributed by atoms with E-state index in [1.165, 1.54) is 0 Å². The zero-order valence-corrected chi connectivity index (χ0v) is 9.47. The number of anilines is 1. The molecule has 0 aliphatic rings. The molecule has 2 rings (SSSR count). The predicted octanol–water partition coefficient (Wildman–Crippen LogP) is 0.676. The van der Waals surface area contributed by atoms with E-state index in [1.54, 1.807) is 6.07 Å². The van der Waals surface area contributed by atoms with Crippen molar-refractivity contribution in [3.8, 4) is 17.9 Å². The summed E-state index contributed by atoms with van der Waals surface area (Å²) in [4.78, 5) is 11.5. The molecule has 8 nitrogen and oxygen atoms in total. The van der Waals surface area contributed by atoms with Crippen molar-refractivity contribution in [1.29, 1.82) is 0 Å². The summed E-state index contributed by atoms with van der Waals surface area (Å²) >= 11 is 0. The highest BCUT2D eigenvalue weighted by Gasteiger charge is 2.08. The molecule has 0 saturated carbocycles. The molecule has 3 N–H and O–H groups in total. The zero-order valence-electron chi connectivity index (χ0n) is 9.47. The summed E-state index contributed by atoms with van der Waals surface area (Å²) < 4.78 is 10.4. The summed E-state index contributed by atoms with van der Waals surface area (Å²) in [5.74, 6) is 0.390. The molecule has 0 spiro atoms. The first-order valence-electron chi connectivity index (χ1n) is 5.01. The summed E-state index contributed by atoms with van der Waals surface area (Å²) in [6.07, 6.45) is 0. The molecule has 0 aliphatic carbocycles. The Morgan fingerprint density at radius 1 is 1.29 bits per heavy atom. The molecular formula is C9H12N6O2.